The number of hydrogen-bond donors (Lipinski definition) is 2. The molecule has 1 aromatic carbocycles. The standard InChI is InChI=1S/C13H14F3NO3/c14-13(15,16)20-10-5-3-9(4-6-10)11(12(18)19)17-7-8-1-2-8/h3-6,8,11,17H,1-2,7H2,(H,18,19). The molecular weight excluding hydrogens is 275 g/mol. The fourth-order valence-corrected chi connectivity index (χ4v) is 1.82. The Morgan fingerprint density at radius 3 is 2.40 bits per heavy atom. The fraction of sp³-hybridized carbons (Fsp3) is 0.462. The van der Waals surface area contributed by atoms with Crippen LogP contribution in [0.1, 0.15) is 24.4 Å². The molecule has 1 aromatic rings. The SMILES string of the molecule is O=C(O)C(NCC1CC1)c1ccc(OC(F)(F)F)cc1. The van der Waals surface area contributed by atoms with Crippen LogP contribution in [0.25, 0.3) is 0 Å². The number of benzene rings is 1. The number of ether oxygens (including phenoxy) is 1. The molecule has 0 saturated heterocycles. The number of hydrogen-bond acceptors (Lipinski definition) is 3. The van der Waals surface area contributed by atoms with E-state index in [0.29, 0.717) is 18.0 Å². The van der Waals surface area contributed by atoms with Gasteiger partial charge in [-0.25, -0.2) is 0 Å². The van der Waals surface area contributed by atoms with Crippen molar-refractivity contribution in [2.24, 2.45) is 5.92 Å². The van der Waals surface area contributed by atoms with Gasteiger partial charge >= 0.3 is 12.3 Å². The Balaban J connectivity index is 2.02. The third-order valence-corrected chi connectivity index (χ3v) is 3.00. The van der Waals surface area contributed by atoms with Gasteiger partial charge in [0.25, 0.3) is 0 Å². The maximum Gasteiger partial charge on any atom is 0.573 e. The number of rotatable bonds is 6. The van der Waals surface area contributed by atoms with Crippen LogP contribution >= 0.6 is 0 Å². The van der Waals surface area contributed by atoms with E-state index in [2.05, 4.69) is 10.1 Å². The molecule has 110 valence electrons. The van der Waals surface area contributed by atoms with Crippen LogP contribution < -0.4 is 10.1 Å². The normalized spacial score (nSPS) is 16.8. The topological polar surface area (TPSA) is 58.6 Å². The molecule has 0 aromatic heterocycles. The summed E-state index contributed by atoms with van der Waals surface area (Å²) < 4.78 is 39.8. The summed E-state index contributed by atoms with van der Waals surface area (Å²) in [6.07, 6.45) is -2.59. The average Bonchev–Trinajstić information content (AvgIpc) is 3.13. The molecule has 1 saturated carbocycles. The van der Waals surface area contributed by atoms with Crippen LogP contribution in [0.15, 0.2) is 24.3 Å². The zero-order chi connectivity index (χ0) is 14.8. The Kier molecular flexibility index (Phi) is 4.17. The Morgan fingerprint density at radius 1 is 1.35 bits per heavy atom. The molecule has 0 bridgehead atoms. The van der Waals surface area contributed by atoms with Gasteiger partial charge in [0.2, 0.25) is 0 Å². The first-order chi connectivity index (χ1) is 9.35. The molecule has 4 nitrogen and oxygen atoms in total. The van der Waals surface area contributed by atoms with Crippen molar-refractivity contribution in [3.63, 3.8) is 0 Å². The molecule has 20 heavy (non-hydrogen) atoms. The molecule has 2 N–H and O–H groups in total. The highest BCUT2D eigenvalue weighted by molar-refractivity contribution is 5.75. The van der Waals surface area contributed by atoms with Crippen molar-refractivity contribution in [2.75, 3.05) is 6.54 Å². The maximum atomic E-state index is 12.0. The van der Waals surface area contributed by atoms with Crippen molar-refractivity contribution in [3.8, 4) is 5.75 Å². The van der Waals surface area contributed by atoms with Crippen LogP contribution in [0.2, 0.25) is 0 Å². The third-order valence-electron chi connectivity index (χ3n) is 3.00. The van der Waals surface area contributed by atoms with E-state index < -0.39 is 18.4 Å². The lowest BCUT2D eigenvalue weighted by Crippen LogP contribution is -2.30. The minimum absolute atomic E-state index is 0.368. The molecule has 1 unspecified atom stereocenters. The molecule has 0 heterocycles. The van der Waals surface area contributed by atoms with E-state index in [-0.39, 0.29) is 5.75 Å². The summed E-state index contributed by atoms with van der Waals surface area (Å²) in [6, 6.07) is 3.94. The average molecular weight is 289 g/mol. The van der Waals surface area contributed by atoms with Crippen molar-refractivity contribution in [1.29, 1.82) is 0 Å². The Labute approximate surface area is 113 Å². The molecular formula is C13H14F3NO3. The number of aliphatic carboxylic acids is 1. The van der Waals surface area contributed by atoms with E-state index in [4.69, 9.17) is 5.11 Å². The van der Waals surface area contributed by atoms with Gasteiger partial charge in [-0.2, -0.15) is 0 Å². The quantitative estimate of drug-likeness (QED) is 0.845. The molecule has 0 radical (unpaired) electrons. The lowest BCUT2D eigenvalue weighted by molar-refractivity contribution is -0.274. The number of carboxylic acid groups (broad SMARTS) is 1. The van der Waals surface area contributed by atoms with Gasteiger partial charge in [-0.3, -0.25) is 4.79 Å². The maximum absolute atomic E-state index is 12.0. The van der Waals surface area contributed by atoms with Crippen molar-refractivity contribution in [1.82, 2.24) is 5.32 Å². The summed E-state index contributed by atoms with van der Waals surface area (Å²) in [5, 5.41) is 12.0. The van der Waals surface area contributed by atoms with Crippen LogP contribution in [0.5, 0.6) is 5.75 Å². The molecule has 0 aliphatic heterocycles. The first-order valence-electron chi connectivity index (χ1n) is 6.17. The van der Waals surface area contributed by atoms with Gasteiger partial charge in [0, 0.05) is 0 Å². The highest BCUT2D eigenvalue weighted by Crippen LogP contribution is 2.29. The highest BCUT2D eigenvalue weighted by Gasteiger charge is 2.31. The molecule has 1 aliphatic rings. The smallest absolute Gasteiger partial charge is 0.480 e. The Bertz CT molecular complexity index is 469. The van der Waals surface area contributed by atoms with Crippen LogP contribution in [0, 0.1) is 5.92 Å². The van der Waals surface area contributed by atoms with Gasteiger partial charge < -0.3 is 15.2 Å². The second-order valence-electron chi connectivity index (χ2n) is 4.74. The number of alkyl halides is 3. The first kappa shape index (κ1) is 14.6. The highest BCUT2D eigenvalue weighted by atomic mass is 19.4. The Morgan fingerprint density at radius 2 is 1.95 bits per heavy atom. The van der Waals surface area contributed by atoms with Crippen LogP contribution in [0.3, 0.4) is 0 Å². The van der Waals surface area contributed by atoms with E-state index >= 15 is 0 Å². The zero-order valence-corrected chi connectivity index (χ0v) is 10.5. The van der Waals surface area contributed by atoms with Gasteiger partial charge in [0.15, 0.2) is 0 Å². The number of carboxylic acids is 1. The largest absolute Gasteiger partial charge is 0.573 e. The molecule has 0 amide bonds. The second-order valence-corrected chi connectivity index (χ2v) is 4.74. The van der Waals surface area contributed by atoms with E-state index in [0.717, 1.165) is 25.0 Å². The molecule has 2 rings (SSSR count). The van der Waals surface area contributed by atoms with Crippen LogP contribution in [-0.4, -0.2) is 24.0 Å². The van der Waals surface area contributed by atoms with E-state index in [1.807, 2.05) is 0 Å². The Hall–Kier alpha value is -1.76. The monoisotopic (exact) mass is 289 g/mol. The van der Waals surface area contributed by atoms with E-state index in [9.17, 15) is 18.0 Å². The van der Waals surface area contributed by atoms with Gasteiger partial charge in [-0.15, -0.1) is 13.2 Å². The van der Waals surface area contributed by atoms with Gasteiger partial charge in [0.05, 0.1) is 0 Å². The number of carbonyl (C=O) groups is 1. The van der Waals surface area contributed by atoms with Crippen molar-refractivity contribution < 1.29 is 27.8 Å². The summed E-state index contributed by atoms with van der Waals surface area (Å²) in [5.74, 6) is -0.924. The summed E-state index contributed by atoms with van der Waals surface area (Å²) >= 11 is 0. The number of nitrogens with one attached hydrogen (secondary N) is 1. The van der Waals surface area contributed by atoms with Crippen LogP contribution in [-0.2, 0) is 4.79 Å². The predicted molar refractivity (Wildman–Crippen MR) is 64.2 cm³/mol. The molecule has 1 aliphatic carbocycles. The first-order valence-corrected chi connectivity index (χ1v) is 6.17. The van der Waals surface area contributed by atoms with Gasteiger partial charge in [0.1, 0.15) is 11.8 Å². The summed E-state index contributed by atoms with van der Waals surface area (Å²) in [5.41, 5.74) is 0.396. The fourth-order valence-electron chi connectivity index (χ4n) is 1.82. The van der Waals surface area contributed by atoms with Gasteiger partial charge in [-0.05, 0) is 43.0 Å². The van der Waals surface area contributed by atoms with Gasteiger partial charge in [-0.1, -0.05) is 12.1 Å². The number of halogens is 3. The van der Waals surface area contributed by atoms with Crippen molar-refractivity contribution in [3.05, 3.63) is 29.8 Å². The summed E-state index contributed by atoms with van der Waals surface area (Å²) in [4.78, 5) is 11.2. The van der Waals surface area contributed by atoms with Crippen molar-refractivity contribution in [2.45, 2.75) is 25.2 Å². The molecule has 7 heteroatoms. The summed E-state index contributed by atoms with van der Waals surface area (Å²) in [6.45, 7) is 0.595. The lowest BCUT2D eigenvalue weighted by Gasteiger charge is -2.15. The summed E-state index contributed by atoms with van der Waals surface area (Å²) in [7, 11) is 0. The second kappa shape index (κ2) is 5.70. The molecule has 1 fully saturated rings. The zero-order valence-electron chi connectivity index (χ0n) is 10.5. The molecule has 0 spiro atoms. The van der Waals surface area contributed by atoms with Crippen molar-refractivity contribution >= 4 is 5.97 Å². The van der Waals surface area contributed by atoms with Crippen LogP contribution in [0.4, 0.5) is 13.2 Å². The third kappa shape index (κ3) is 4.41. The van der Waals surface area contributed by atoms with E-state index in [1.54, 1.807) is 0 Å². The van der Waals surface area contributed by atoms with E-state index in [1.165, 1.54) is 12.1 Å². The molecule has 1 atom stereocenters. The minimum atomic E-state index is -4.75. The lowest BCUT2D eigenvalue weighted by atomic mass is 10.1. The minimum Gasteiger partial charge on any atom is -0.480 e. The predicted octanol–water partition coefficient (Wildman–Crippen LogP) is 2.71.